The molecule has 12 nitrogen and oxygen atoms in total. The summed E-state index contributed by atoms with van der Waals surface area (Å²) in [6.45, 7) is 8.18. The standard InChI is InChI=1S/C23H41NO11/c1-6-8-11(4)32-20-16(28)17(29)23(35-21(20)22(30)31)34-19-14(24-12(5)26)18(10(3)7-2)33-13(9-25)15(19)27/h10-11,13-21,23,25,27-29H,6-9H2,1-5H3,(H,24,26)(H,30,31). The van der Waals surface area contributed by atoms with E-state index in [-0.39, 0.29) is 5.92 Å². The monoisotopic (exact) mass is 507 g/mol. The van der Waals surface area contributed by atoms with Crippen molar-refractivity contribution in [2.24, 2.45) is 5.92 Å². The molecule has 12 heteroatoms. The highest BCUT2D eigenvalue weighted by atomic mass is 16.7. The zero-order valence-corrected chi connectivity index (χ0v) is 20.9. The molecule has 0 spiro atoms. The summed E-state index contributed by atoms with van der Waals surface area (Å²) in [4.78, 5) is 23.9. The van der Waals surface area contributed by atoms with Gasteiger partial charge < -0.3 is 49.8 Å². The number of hydrogen-bond donors (Lipinski definition) is 6. The number of aliphatic carboxylic acids is 1. The maximum Gasteiger partial charge on any atom is 0.335 e. The first kappa shape index (κ1) is 29.8. The highest BCUT2D eigenvalue weighted by Gasteiger charge is 2.53. The van der Waals surface area contributed by atoms with Crippen LogP contribution in [0.1, 0.15) is 53.9 Å². The van der Waals surface area contributed by atoms with Gasteiger partial charge in [-0.15, -0.1) is 0 Å². The van der Waals surface area contributed by atoms with Crippen molar-refractivity contribution in [1.82, 2.24) is 5.32 Å². The fourth-order valence-electron chi connectivity index (χ4n) is 4.61. The van der Waals surface area contributed by atoms with Gasteiger partial charge in [-0.1, -0.05) is 33.6 Å². The summed E-state index contributed by atoms with van der Waals surface area (Å²) in [6, 6.07) is -0.907. The molecule has 1 amide bonds. The summed E-state index contributed by atoms with van der Waals surface area (Å²) in [5, 5.41) is 54.5. The lowest BCUT2D eigenvalue weighted by molar-refractivity contribution is -0.333. The number of carbonyl (C=O) groups is 2. The molecule has 204 valence electrons. The van der Waals surface area contributed by atoms with Gasteiger partial charge in [-0.2, -0.15) is 0 Å². The number of carboxylic acids is 1. The van der Waals surface area contributed by atoms with Gasteiger partial charge in [0.05, 0.1) is 24.9 Å². The Balaban J connectivity index is 2.33. The molecule has 6 N–H and O–H groups in total. The van der Waals surface area contributed by atoms with Crippen LogP contribution in [0.15, 0.2) is 0 Å². The molecule has 2 aliphatic rings. The SMILES string of the molecule is CCCC(C)OC1C(C(=O)O)OC(OC2C(O)C(CO)OC(C(C)CC)C2NC(C)=O)C(O)C1O. The third-order valence-corrected chi connectivity index (χ3v) is 6.68. The first-order valence-electron chi connectivity index (χ1n) is 12.2. The van der Waals surface area contributed by atoms with Crippen LogP contribution in [0.3, 0.4) is 0 Å². The van der Waals surface area contributed by atoms with Crippen LogP contribution in [0, 0.1) is 5.92 Å². The van der Waals surface area contributed by atoms with Gasteiger partial charge in [0.25, 0.3) is 0 Å². The van der Waals surface area contributed by atoms with E-state index in [0.717, 1.165) is 6.42 Å². The average molecular weight is 508 g/mol. The smallest absolute Gasteiger partial charge is 0.335 e. The van der Waals surface area contributed by atoms with E-state index in [1.807, 2.05) is 20.8 Å². The molecule has 2 aliphatic heterocycles. The van der Waals surface area contributed by atoms with Crippen LogP contribution < -0.4 is 5.32 Å². The maximum absolute atomic E-state index is 12.0. The lowest BCUT2D eigenvalue weighted by Crippen LogP contribution is -2.69. The Hall–Kier alpha value is -1.38. The van der Waals surface area contributed by atoms with Gasteiger partial charge in [0, 0.05) is 6.92 Å². The number of aliphatic hydroxyl groups is 4. The van der Waals surface area contributed by atoms with Crippen LogP contribution in [0.2, 0.25) is 0 Å². The molecule has 35 heavy (non-hydrogen) atoms. The number of nitrogens with one attached hydrogen (secondary N) is 1. The van der Waals surface area contributed by atoms with Crippen molar-refractivity contribution in [3.8, 4) is 0 Å². The summed E-state index contributed by atoms with van der Waals surface area (Å²) in [6.07, 6.45) is -10.8. The van der Waals surface area contributed by atoms with Gasteiger partial charge in [-0.05, 0) is 19.3 Å². The summed E-state index contributed by atoms with van der Waals surface area (Å²) < 4.78 is 23.0. The van der Waals surface area contributed by atoms with Crippen LogP contribution in [-0.4, -0.2) is 111 Å². The Morgan fingerprint density at radius 1 is 1.03 bits per heavy atom. The molecule has 0 bridgehead atoms. The first-order chi connectivity index (χ1) is 16.5. The Kier molecular flexibility index (Phi) is 11.3. The lowest BCUT2D eigenvalue weighted by Gasteiger charge is -2.49. The Bertz CT molecular complexity index is 694. The molecule has 2 heterocycles. The zero-order chi connectivity index (χ0) is 26.4. The Morgan fingerprint density at radius 2 is 1.69 bits per heavy atom. The van der Waals surface area contributed by atoms with Crippen molar-refractivity contribution in [3.63, 3.8) is 0 Å². The van der Waals surface area contributed by atoms with Crippen molar-refractivity contribution >= 4 is 11.9 Å². The van der Waals surface area contributed by atoms with Gasteiger partial charge in [-0.3, -0.25) is 4.79 Å². The number of ether oxygens (including phenoxy) is 4. The molecule has 0 aliphatic carbocycles. The van der Waals surface area contributed by atoms with Crippen molar-refractivity contribution < 1.29 is 54.1 Å². The topological polar surface area (TPSA) is 184 Å². The number of carboxylic acid groups (broad SMARTS) is 1. The molecular formula is C23H41NO11. The van der Waals surface area contributed by atoms with E-state index < -0.39 is 85.8 Å². The minimum absolute atomic E-state index is 0.119. The largest absolute Gasteiger partial charge is 0.479 e. The van der Waals surface area contributed by atoms with Crippen LogP contribution in [0.5, 0.6) is 0 Å². The third kappa shape index (κ3) is 7.10. The van der Waals surface area contributed by atoms with Crippen LogP contribution in [0.4, 0.5) is 0 Å². The van der Waals surface area contributed by atoms with Crippen molar-refractivity contribution in [3.05, 3.63) is 0 Å². The zero-order valence-electron chi connectivity index (χ0n) is 20.9. The van der Waals surface area contributed by atoms with Crippen LogP contribution in [-0.2, 0) is 28.5 Å². The molecule has 12 unspecified atom stereocenters. The minimum Gasteiger partial charge on any atom is -0.479 e. The molecule has 0 saturated carbocycles. The van der Waals surface area contributed by atoms with E-state index >= 15 is 0 Å². The second kappa shape index (κ2) is 13.2. The minimum atomic E-state index is -1.72. The highest BCUT2D eigenvalue weighted by molar-refractivity contribution is 5.74. The van der Waals surface area contributed by atoms with Gasteiger partial charge in [-0.25, -0.2) is 4.79 Å². The average Bonchev–Trinajstić information content (AvgIpc) is 2.79. The summed E-state index contributed by atoms with van der Waals surface area (Å²) in [7, 11) is 0. The second-order valence-electron chi connectivity index (χ2n) is 9.47. The molecule has 12 atom stereocenters. The number of rotatable bonds is 11. The lowest BCUT2D eigenvalue weighted by atomic mass is 9.85. The van der Waals surface area contributed by atoms with Crippen LogP contribution >= 0.6 is 0 Å². The Morgan fingerprint density at radius 3 is 2.20 bits per heavy atom. The summed E-state index contributed by atoms with van der Waals surface area (Å²) in [5.74, 6) is -1.97. The number of carbonyl (C=O) groups excluding carboxylic acids is 1. The molecule has 0 aromatic heterocycles. The highest BCUT2D eigenvalue weighted by Crippen LogP contribution is 2.33. The quantitative estimate of drug-likeness (QED) is 0.205. The molecule has 0 aromatic carbocycles. The Labute approximate surface area is 205 Å². The number of amides is 1. The van der Waals surface area contributed by atoms with E-state index in [1.165, 1.54) is 6.92 Å². The van der Waals surface area contributed by atoms with E-state index in [2.05, 4.69) is 5.32 Å². The molecule has 2 fully saturated rings. The van der Waals surface area contributed by atoms with E-state index in [0.29, 0.717) is 12.8 Å². The van der Waals surface area contributed by atoms with Gasteiger partial charge in [0.1, 0.15) is 36.6 Å². The van der Waals surface area contributed by atoms with E-state index in [9.17, 15) is 35.1 Å². The molecule has 2 rings (SSSR count). The summed E-state index contributed by atoms with van der Waals surface area (Å²) in [5.41, 5.74) is 0. The third-order valence-electron chi connectivity index (χ3n) is 6.68. The van der Waals surface area contributed by atoms with Crippen molar-refractivity contribution in [2.45, 2.75) is 121 Å². The van der Waals surface area contributed by atoms with Crippen molar-refractivity contribution in [1.29, 1.82) is 0 Å². The molecule has 2 saturated heterocycles. The first-order valence-corrected chi connectivity index (χ1v) is 12.2. The normalized spacial score (nSPS) is 39.6. The molecule has 0 radical (unpaired) electrons. The predicted molar refractivity (Wildman–Crippen MR) is 121 cm³/mol. The van der Waals surface area contributed by atoms with Gasteiger partial charge in [0.15, 0.2) is 12.4 Å². The molecule has 0 aromatic rings. The fourth-order valence-corrected chi connectivity index (χ4v) is 4.61. The number of hydrogen-bond acceptors (Lipinski definition) is 10. The van der Waals surface area contributed by atoms with Gasteiger partial charge >= 0.3 is 5.97 Å². The number of aliphatic hydroxyl groups excluding tert-OH is 4. The van der Waals surface area contributed by atoms with Crippen molar-refractivity contribution in [2.75, 3.05) is 6.61 Å². The van der Waals surface area contributed by atoms with E-state index in [4.69, 9.17) is 18.9 Å². The second-order valence-corrected chi connectivity index (χ2v) is 9.47. The fraction of sp³-hybridized carbons (Fsp3) is 0.913. The van der Waals surface area contributed by atoms with Gasteiger partial charge in [0.2, 0.25) is 5.91 Å². The molecular weight excluding hydrogens is 466 g/mol. The predicted octanol–water partition coefficient (Wildman–Crippen LogP) is -0.852. The van der Waals surface area contributed by atoms with Crippen LogP contribution in [0.25, 0.3) is 0 Å². The maximum atomic E-state index is 12.0. The van der Waals surface area contributed by atoms with E-state index in [1.54, 1.807) is 6.92 Å². The summed E-state index contributed by atoms with van der Waals surface area (Å²) >= 11 is 0.